The molecular weight excluding hydrogens is 356 g/mol. The summed E-state index contributed by atoms with van der Waals surface area (Å²) in [5.41, 5.74) is 0.503. The van der Waals surface area contributed by atoms with Gasteiger partial charge in [0.05, 0.1) is 0 Å². The third-order valence-corrected chi connectivity index (χ3v) is 3.25. The average Bonchev–Trinajstić information content (AvgIpc) is 2.45. The van der Waals surface area contributed by atoms with Crippen molar-refractivity contribution in [3.8, 4) is 0 Å². The summed E-state index contributed by atoms with van der Waals surface area (Å²) in [5.74, 6) is -0.375. The van der Waals surface area contributed by atoms with Gasteiger partial charge in [0, 0.05) is 27.3 Å². The first-order valence-electron chi connectivity index (χ1n) is 5.95. The van der Waals surface area contributed by atoms with Crippen molar-refractivity contribution in [3.05, 3.63) is 69.8 Å². The number of benzene rings is 1. The van der Waals surface area contributed by atoms with E-state index in [1.165, 1.54) is 18.3 Å². The molecule has 0 aliphatic heterocycles. The van der Waals surface area contributed by atoms with Crippen LogP contribution >= 0.6 is 27.5 Å². The van der Waals surface area contributed by atoms with Crippen LogP contribution in [0.2, 0.25) is 5.02 Å². The molecule has 1 aromatic carbocycles. The Hall–Kier alpha value is -1.98. The van der Waals surface area contributed by atoms with Crippen molar-refractivity contribution in [1.82, 2.24) is 4.98 Å². The normalized spacial score (nSPS) is 10.6. The maximum atomic E-state index is 11.8. The van der Waals surface area contributed by atoms with Gasteiger partial charge in [-0.25, -0.2) is 4.98 Å². The molecule has 1 heterocycles. The van der Waals surface area contributed by atoms with Crippen LogP contribution in [0.15, 0.2) is 59.2 Å². The van der Waals surface area contributed by atoms with Gasteiger partial charge in [0.25, 0.3) is 0 Å². The lowest BCUT2D eigenvalue weighted by molar-refractivity contribution is -0.111. The van der Waals surface area contributed by atoms with E-state index in [4.69, 9.17) is 11.6 Å². The fraction of sp³-hybridized carbons (Fsp3) is 0. The number of aromatic nitrogens is 1. The number of carbonyl (C=O) groups is 2. The molecule has 0 aliphatic carbocycles. The zero-order chi connectivity index (χ0) is 15.2. The molecule has 0 bridgehead atoms. The molecule has 0 spiro atoms. The lowest BCUT2D eigenvalue weighted by Crippen LogP contribution is -2.09. The molecule has 1 aromatic heterocycles. The largest absolute Gasteiger partial charge is 0.307 e. The Labute approximate surface area is 135 Å². The Morgan fingerprint density at radius 2 is 1.86 bits per heavy atom. The minimum atomic E-state index is -0.449. The number of pyridine rings is 1. The molecule has 0 aliphatic rings. The number of ketones is 1. The maximum Gasteiger partial charge on any atom is 0.249 e. The molecule has 0 saturated heterocycles. The van der Waals surface area contributed by atoms with Crippen LogP contribution in [0.25, 0.3) is 0 Å². The van der Waals surface area contributed by atoms with Crippen LogP contribution in [0.3, 0.4) is 0 Å². The molecule has 21 heavy (non-hydrogen) atoms. The molecular formula is C15H10BrClN2O2. The van der Waals surface area contributed by atoms with Gasteiger partial charge in [0.1, 0.15) is 5.82 Å². The van der Waals surface area contributed by atoms with Crippen LogP contribution in [0, 0.1) is 0 Å². The zero-order valence-corrected chi connectivity index (χ0v) is 13.1. The third kappa shape index (κ3) is 4.81. The van der Waals surface area contributed by atoms with Crippen LogP contribution < -0.4 is 5.32 Å². The molecule has 0 atom stereocenters. The van der Waals surface area contributed by atoms with Gasteiger partial charge in [0.2, 0.25) is 5.91 Å². The molecule has 106 valence electrons. The van der Waals surface area contributed by atoms with Crippen LogP contribution in [-0.4, -0.2) is 16.7 Å². The van der Waals surface area contributed by atoms with Gasteiger partial charge >= 0.3 is 0 Å². The van der Waals surface area contributed by atoms with Crippen LogP contribution in [-0.2, 0) is 4.79 Å². The van der Waals surface area contributed by atoms with Crippen molar-refractivity contribution < 1.29 is 9.59 Å². The summed E-state index contributed by atoms with van der Waals surface area (Å²) >= 11 is 9.07. The first-order valence-corrected chi connectivity index (χ1v) is 7.12. The number of nitrogens with zero attached hydrogens (tertiary/aromatic N) is 1. The van der Waals surface area contributed by atoms with Gasteiger partial charge in [-0.1, -0.05) is 27.5 Å². The smallest absolute Gasteiger partial charge is 0.249 e. The molecule has 4 nitrogen and oxygen atoms in total. The Balaban J connectivity index is 1.98. The summed E-state index contributed by atoms with van der Waals surface area (Å²) in [6.45, 7) is 0. The Morgan fingerprint density at radius 3 is 2.52 bits per heavy atom. The van der Waals surface area contributed by atoms with Gasteiger partial charge in [-0.2, -0.15) is 0 Å². The minimum absolute atomic E-state index is 0.253. The number of hydrogen-bond donors (Lipinski definition) is 1. The second-order valence-electron chi connectivity index (χ2n) is 4.05. The van der Waals surface area contributed by atoms with E-state index in [0.29, 0.717) is 16.4 Å². The van der Waals surface area contributed by atoms with Crippen LogP contribution in [0.4, 0.5) is 5.82 Å². The summed E-state index contributed by atoms with van der Waals surface area (Å²) in [7, 11) is 0. The summed E-state index contributed by atoms with van der Waals surface area (Å²) < 4.78 is 0.882. The number of carbonyl (C=O) groups excluding carboxylic acids is 2. The van der Waals surface area contributed by atoms with E-state index in [0.717, 1.165) is 10.5 Å². The van der Waals surface area contributed by atoms with Gasteiger partial charge < -0.3 is 5.32 Å². The topological polar surface area (TPSA) is 59.1 Å². The van der Waals surface area contributed by atoms with E-state index in [1.54, 1.807) is 30.3 Å². The number of hydrogen-bond acceptors (Lipinski definition) is 3. The number of nitrogens with one attached hydrogen (secondary N) is 1. The highest BCUT2D eigenvalue weighted by molar-refractivity contribution is 9.10. The number of anilines is 1. The zero-order valence-electron chi connectivity index (χ0n) is 10.7. The average molecular weight is 366 g/mol. The van der Waals surface area contributed by atoms with E-state index in [9.17, 15) is 9.59 Å². The van der Waals surface area contributed by atoms with Crippen LogP contribution in [0.1, 0.15) is 10.4 Å². The first kappa shape index (κ1) is 15.4. The van der Waals surface area contributed by atoms with Crippen molar-refractivity contribution in [1.29, 1.82) is 0 Å². The van der Waals surface area contributed by atoms with Crippen molar-refractivity contribution in [2.24, 2.45) is 0 Å². The molecule has 0 unspecified atom stereocenters. The molecule has 0 fully saturated rings. The lowest BCUT2D eigenvalue weighted by Gasteiger charge is -2.00. The quantitative estimate of drug-likeness (QED) is 0.661. The van der Waals surface area contributed by atoms with E-state index < -0.39 is 5.91 Å². The predicted octanol–water partition coefficient (Wildman–Crippen LogP) is 3.88. The van der Waals surface area contributed by atoms with Crippen LogP contribution in [0.5, 0.6) is 0 Å². The van der Waals surface area contributed by atoms with Gasteiger partial charge in [-0.05, 0) is 42.5 Å². The summed E-state index contributed by atoms with van der Waals surface area (Å²) in [6.07, 6.45) is 3.85. The number of halogens is 2. The number of amides is 1. The Kier molecular flexibility index (Phi) is 5.25. The second kappa shape index (κ2) is 7.15. The molecule has 2 rings (SSSR count). The fourth-order valence-corrected chi connectivity index (χ4v) is 1.93. The highest BCUT2D eigenvalue weighted by Gasteiger charge is 2.04. The van der Waals surface area contributed by atoms with Crippen molar-refractivity contribution in [2.75, 3.05) is 5.32 Å². The van der Waals surface area contributed by atoms with E-state index in [1.807, 2.05) is 0 Å². The molecule has 0 radical (unpaired) electrons. The SMILES string of the molecule is O=C(/C=C/C(=O)c1ccc(Br)cc1)Nc1cc(Cl)ccn1. The van der Waals surface area contributed by atoms with E-state index in [2.05, 4.69) is 26.2 Å². The summed E-state index contributed by atoms with van der Waals surface area (Å²) in [5, 5.41) is 2.99. The molecule has 6 heteroatoms. The number of rotatable bonds is 4. The van der Waals surface area contributed by atoms with Crippen molar-refractivity contribution >= 4 is 45.0 Å². The van der Waals surface area contributed by atoms with Gasteiger partial charge in [-0.15, -0.1) is 0 Å². The van der Waals surface area contributed by atoms with Gasteiger partial charge in [0.15, 0.2) is 5.78 Å². The first-order chi connectivity index (χ1) is 10.0. The molecule has 1 N–H and O–H groups in total. The lowest BCUT2D eigenvalue weighted by atomic mass is 10.1. The van der Waals surface area contributed by atoms with Crippen molar-refractivity contribution in [3.63, 3.8) is 0 Å². The molecule has 1 amide bonds. The fourth-order valence-electron chi connectivity index (χ4n) is 1.50. The Morgan fingerprint density at radius 1 is 1.14 bits per heavy atom. The predicted molar refractivity (Wildman–Crippen MR) is 85.5 cm³/mol. The molecule has 0 saturated carbocycles. The third-order valence-electron chi connectivity index (χ3n) is 2.49. The maximum absolute atomic E-state index is 11.8. The van der Waals surface area contributed by atoms with E-state index >= 15 is 0 Å². The molecule has 2 aromatic rings. The highest BCUT2D eigenvalue weighted by Crippen LogP contribution is 2.12. The summed E-state index contributed by atoms with van der Waals surface area (Å²) in [6, 6.07) is 9.99. The minimum Gasteiger partial charge on any atom is -0.307 e. The second-order valence-corrected chi connectivity index (χ2v) is 5.41. The summed E-state index contributed by atoms with van der Waals surface area (Å²) in [4.78, 5) is 27.5. The Bertz CT molecular complexity index is 699. The van der Waals surface area contributed by atoms with E-state index in [-0.39, 0.29) is 5.78 Å². The number of allylic oxidation sites excluding steroid dienone is 1. The van der Waals surface area contributed by atoms with Crippen molar-refractivity contribution in [2.45, 2.75) is 0 Å². The monoisotopic (exact) mass is 364 g/mol. The van der Waals surface area contributed by atoms with Gasteiger partial charge in [-0.3, -0.25) is 9.59 Å². The highest BCUT2D eigenvalue weighted by atomic mass is 79.9. The standard InChI is InChI=1S/C15H10BrClN2O2/c16-11-3-1-10(2-4-11)13(20)5-6-15(21)19-14-9-12(17)7-8-18-14/h1-9H,(H,18,19,21)/b6-5+.